The maximum Gasteiger partial charge on any atom is 0.330 e. The molecule has 5 nitrogen and oxygen atoms in total. The van der Waals surface area contributed by atoms with Crippen molar-refractivity contribution < 1.29 is 23.8 Å². The van der Waals surface area contributed by atoms with Gasteiger partial charge in [0.05, 0.1) is 13.2 Å². The van der Waals surface area contributed by atoms with Crippen LogP contribution < -0.4 is 0 Å². The van der Waals surface area contributed by atoms with Gasteiger partial charge in [-0.15, -0.1) is 0 Å². The Morgan fingerprint density at radius 1 is 1.25 bits per heavy atom. The Bertz CT molecular complexity index is 510. The van der Waals surface area contributed by atoms with E-state index in [0.717, 1.165) is 12.5 Å². The summed E-state index contributed by atoms with van der Waals surface area (Å²) in [6.45, 7) is 17.6. The molecule has 0 aromatic carbocycles. The average molecular weight is 336 g/mol. The molecule has 0 aliphatic carbocycles. The fourth-order valence-corrected chi connectivity index (χ4v) is 2.55. The lowest BCUT2D eigenvalue weighted by Crippen LogP contribution is -2.48. The van der Waals surface area contributed by atoms with Crippen LogP contribution >= 0.6 is 0 Å². The highest BCUT2D eigenvalue weighted by Crippen LogP contribution is 2.38. The van der Waals surface area contributed by atoms with Crippen LogP contribution in [0.1, 0.15) is 33.6 Å². The molecule has 1 heterocycles. The van der Waals surface area contributed by atoms with E-state index in [1.807, 2.05) is 20.8 Å². The Morgan fingerprint density at radius 3 is 2.29 bits per heavy atom. The Labute approximate surface area is 144 Å². The van der Waals surface area contributed by atoms with Gasteiger partial charge in [-0.25, -0.2) is 4.79 Å². The predicted molar refractivity (Wildman–Crippen MR) is 92.3 cm³/mol. The van der Waals surface area contributed by atoms with E-state index in [1.54, 1.807) is 0 Å². The van der Waals surface area contributed by atoms with E-state index in [-0.39, 0.29) is 17.8 Å². The van der Waals surface area contributed by atoms with Gasteiger partial charge in [0.1, 0.15) is 6.61 Å². The first-order chi connectivity index (χ1) is 11.2. The summed E-state index contributed by atoms with van der Waals surface area (Å²) in [7, 11) is 0. The molecule has 0 unspecified atom stereocenters. The lowest BCUT2D eigenvalue weighted by molar-refractivity contribution is -0.274. The third-order valence-corrected chi connectivity index (χ3v) is 4.35. The van der Waals surface area contributed by atoms with Gasteiger partial charge in [0.2, 0.25) is 0 Å². The Hall–Kier alpha value is -1.72. The third kappa shape index (κ3) is 5.14. The largest absolute Gasteiger partial charge is 0.462 e. The number of hydrogen-bond acceptors (Lipinski definition) is 5. The van der Waals surface area contributed by atoms with Crippen LogP contribution in [0.25, 0.3) is 0 Å². The van der Waals surface area contributed by atoms with Gasteiger partial charge in [-0.2, -0.15) is 0 Å². The van der Waals surface area contributed by atoms with Gasteiger partial charge in [0.25, 0.3) is 0 Å². The Morgan fingerprint density at radius 2 is 1.83 bits per heavy atom. The Kier molecular flexibility index (Phi) is 7.11. The summed E-state index contributed by atoms with van der Waals surface area (Å²) in [6.07, 6.45) is 3.22. The van der Waals surface area contributed by atoms with Crippen LogP contribution in [0.2, 0.25) is 0 Å². The van der Waals surface area contributed by atoms with Crippen molar-refractivity contribution in [3.63, 3.8) is 0 Å². The maximum absolute atomic E-state index is 11.7. The molecule has 0 N–H and O–H groups in total. The van der Waals surface area contributed by atoms with Gasteiger partial charge in [0, 0.05) is 16.9 Å². The van der Waals surface area contributed by atoms with E-state index in [0.29, 0.717) is 25.2 Å². The number of ketones is 1. The summed E-state index contributed by atoms with van der Waals surface area (Å²) >= 11 is 0. The van der Waals surface area contributed by atoms with Crippen molar-refractivity contribution in [2.75, 3.05) is 19.8 Å². The van der Waals surface area contributed by atoms with Crippen molar-refractivity contribution in [3.8, 4) is 0 Å². The van der Waals surface area contributed by atoms with Crippen LogP contribution in [0, 0.1) is 10.8 Å². The van der Waals surface area contributed by atoms with Crippen molar-refractivity contribution in [1.29, 1.82) is 0 Å². The molecule has 0 aromatic rings. The molecular weight excluding hydrogens is 308 g/mol. The van der Waals surface area contributed by atoms with E-state index in [4.69, 9.17) is 14.2 Å². The zero-order chi connectivity index (χ0) is 18.4. The van der Waals surface area contributed by atoms with Crippen LogP contribution in [0.5, 0.6) is 0 Å². The minimum atomic E-state index is -0.494. The summed E-state index contributed by atoms with van der Waals surface area (Å²) < 4.78 is 16.9. The van der Waals surface area contributed by atoms with Gasteiger partial charge < -0.3 is 14.2 Å². The number of hydrogen-bond donors (Lipinski definition) is 0. The molecule has 134 valence electrons. The van der Waals surface area contributed by atoms with Crippen molar-refractivity contribution in [1.82, 2.24) is 0 Å². The lowest BCUT2D eigenvalue weighted by atomic mass is 9.79. The van der Waals surface area contributed by atoms with E-state index in [1.165, 1.54) is 6.08 Å². The second-order valence-corrected chi connectivity index (χ2v) is 6.96. The maximum atomic E-state index is 11.7. The molecule has 5 heteroatoms. The second-order valence-electron chi connectivity index (χ2n) is 6.96. The van der Waals surface area contributed by atoms with Crippen LogP contribution in [-0.2, 0) is 23.8 Å². The number of carbonyl (C=O) groups excluding carboxylic acids is 2. The zero-order valence-corrected chi connectivity index (χ0v) is 14.9. The fraction of sp³-hybridized carbons (Fsp3) is 0.579. The minimum absolute atomic E-state index is 0.151. The van der Waals surface area contributed by atoms with Crippen LogP contribution in [0.15, 0.2) is 37.5 Å². The van der Waals surface area contributed by atoms with E-state index in [9.17, 15) is 9.59 Å². The minimum Gasteiger partial charge on any atom is -0.462 e. The van der Waals surface area contributed by atoms with Gasteiger partial charge in [-0.05, 0) is 24.5 Å². The zero-order valence-electron chi connectivity index (χ0n) is 14.9. The molecule has 1 fully saturated rings. The second kappa shape index (κ2) is 8.40. The molecule has 1 rings (SSSR count). The van der Waals surface area contributed by atoms with E-state index < -0.39 is 17.7 Å². The first-order valence-corrected chi connectivity index (χ1v) is 8.06. The highest BCUT2D eigenvalue weighted by atomic mass is 16.7. The van der Waals surface area contributed by atoms with E-state index >= 15 is 0 Å². The molecule has 1 aliphatic heterocycles. The first kappa shape index (κ1) is 20.3. The van der Waals surface area contributed by atoms with Crippen LogP contribution in [0.4, 0.5) is 0 Å². The molecule has 0 atom stereocenters. The number of esters is 1. The third-order valence-electron chi connectivity index (χ3n) is 4.35. The molecule has 1 saturated heterocycles. The summed E-state index contributed by atoms with van der Waals surface area (Å²) in [6, 6.07) is 0. The average Bonchev–Trinajstić information content (AvgIpc) is 2.59. The number of allylic oxidation sites excluding steroid dienone is 2. The molecule has 0 spiro atoms. The number of carbonyl (C=O) groups is 2. The number of rotatable bonds is 9. The summed E-state index contributed by atoms with van der Waals surface area (Å²) in [4.78, 5) is 22.9. The molecule has 0 bridgehead atoms. The molecular formula is C19H28O5. The molecule has 24 heavy (non-hydrogen) atoms. The topological polar surface area (TPSA) is 61.8 Å². The van der Waals surface area contributed by atoms with E-state index in [2.05, 4.69) is 19.7 Å². The molecule has 1 aliphatic rings. The van der Waals surface area contributed by atoms with Crippen LogP contribution in [0.3, 0.4) is 0 Å². The summed E-state index contributed by atoms with van der Waals surface area (Å²) in [5.41, 5.74) is -0.260. The fourth-order valence-electron chi connectivity index (χ4n) is 2.55. The highest BCUT2D eigenvalue weighted by molar-refractivity contribution is 6.03. The van der Waals surface area contributed by atoms with Crippen molar-refractivity contribution >= 4 is 11.8 Å². The quantitative estimate of drug-likeness (QED) is 0.478. The summed E-state index contributed by atoms with van der Waals surface area (Å²) in [5, 5.41) is 0. The summed E-state index contributed by atoms with van der Waals surface area (Å²) in [5.74, 6) is -0.623. The smallest absolute Gasteiger partial charge is 0.330 e. The van der Waals surface area contributed by atoms with Crippen LogP contribution in [-0.4, -0.2) is 37.9 Å². The van der Waals surface area contributed by atoms with Gasteiger partial charge in [-0.1, -0.05) is 40.5 Å². The standard InChI is InChI=1S/C19H28O5/c1-7-15(20)14(4)10-19(9-3)12-23-17(24-13-19)18(5,6)11-22-16(21)8-2/h7-8,17H,1-2,4,9-13H2,3,5-6H3. The SMILES string of the molecule is C=CC(=O)OCC(C)(C)C1OCC(CC)(CC(=C)C(=O)C=C)CO1. The predicted octanol–water partition coefficient (Wildman–Crippen LogP) is 3.21. The normalized spacial score (nSPS) is 24.0. The monoisotopic (exact) mass is 336 g/mol. The van der Waals surface area contributed by atoms with Gasteiger partial charge >= 0.3 is 5.97 Å². The Balaban J connectivity index is 2.66. The first-order valence-electron chi connectivity index (χ1n) is 8.06. The lowest BCUT2D eigenvalue weighted by Gasteiger charge is -2.44. The molecule has 0 saturated carbocycles. The molecule has 0 amide bonds. The van der Waals surface area contributed by atoms with Crippen molar-refractivity contribution in [2.45, 2.75) is 39.9 Å². The van der Waals surface area contributed by atoms with Crippen molar-refractivity contribution in [2.24, 2.45) is 10.8 Å². The molecule has 0 radical (unpaired) electrons. The van der Waals surface area contributed by atoms with Gasteiger partial charge in [-0.3, -0.25) is 4.79 Å². The number of ether oxygens (including phenoxy) is 3. The molecule has 0 aromatic heterocycles. The van der Waals surface area contributed by atoms with Gasteiger partial charge in [0.15, 0.2) is 12.1 Å². The van der Waals surface area contributed by atoms with Crippen molar-refractivity contribution in [3.05, 3.63) is 37.5 Å². The highest BCUT2D eigenvalue weighted by Gasteiger charge is 2.42.